The SMILES string of the molecule is NC1=NOC(=O)ON1c1ccc(Cl)cc1. The van der Waals surface area contributed by atoms with Crippen LogP contribution in [-0.2, 0) is 9.68 Å². The van der Waals surface area contributed by atoms with E-state index in [1.54, 1.807) is 24.3 Å². The summed E-state index contributed by atoms with van der Waals surface area (Å²) in [5.74, 6) is -0.0723. The summed E-state index contributed by atoms with van der Waals surface area (Å²) in [6.45, 7) is 0. The third-order valence-corrected chi connectivity index (χ3v) is 1.90. The summed E-state index contributed by atoms with van der Waals surface area (Å²) in [6.07, 6.45) is -0.945. The van der Waals surface area contributed by atoms with Crippen LogP contribution in [0.15, 0.2) is 29.4 Å². The minimum absolute atomic E-state index is 0.0723. The Bertz CT molecular complexity index is 418. The van der Waals surface area contributed by atoms with E-state index in [2.05, 4.69) is 9.99 Å². The third kappa shape index (κ3) is 1.94. The van der Waals surface area contributed by atoms with Gasteiger partial charge in [0.2, 0.25) is 0 Å². The lowest BCUT2D eigenvalue weighted by molar-refractivity contribution is 0.0450. The highest BCUT2D eigenvalue weighted by molar-refractivity contribution is 6.30. The van der Waals surface area contributed by atoms with Crippen molar-refractivity contribution in [2.24, 2.45) is 10.9 Å². The van der Waals surface area contributed by atoms with E-state index in [-0.39, 0.29) is 5.96 Å². The van der Waals surface area contributed by atoms with Crippen molar-refractivity contribution in [1.82, 2.24) is 0 Å². The fraction of sp³-hybridized carbons (Fsp3) is 0. The molecule has 0 saturated carbocycles. The second-order valence-corrected chi connectivity index (χ2v) is 3.09. The van der Waals surface area contributed by atoms with Crippen LogP contribution in [0.3, 0.4) is 0 Å². The van der Waals surface area contributed by atoms with Crippen molar-refractivity contribution in [1.29, 1.82) is 0 Å². The number of carbonyl (C=O) groups is 1. The number of hydrogen-bond donors (Lipinski definition) is 1. The lowest BCUT2D eigenvalue weighted by atomic mass is 10.3. The highest BCUT2D eigenvalue weighted by atomic mass is 35.5. The van der Waals surface area contributed by atoms with Crippen LogP contribution in [0.2, 0.25) is 5.02 Å². The first-order valence-electron chi connectivity index (χ1n) is 3.95. The van der Waals surface area contributed by atoms with Gasteiger partial charge in [0, 0.05) is 5.02 Å². The largest absolute Gasteiger partial charge is 0.561 e. The molecule has 6 nitrogen and oxygen atoms in total. The fourth-order valence-electron chi connectivity index (χ4n) is 1.02. The molecule has 0 spiro atoms. The summed E-state index contributed by atoms with van der Waals surface area (Å²) in [6, 6.07) is 6.52. The monoisotopic (exact) mass is 227 g/mol. The standard InChI is InChI=1S/C8H6ClN3O3/c9-5-1-3-6(4-2-5)12-7(10)11-14-8(13)15-12/h1-4H,(H2,10,11). The summed E-state index contributed by atoms with van der Waals surface area (Å²) in [5.41, 5.74) is 5.98. The second-order valence-electron chi connectivity index (χ2n) is 2.65. The fourth-order valence-corrected chi connectivity index (χ4v) is 1.15. The molecule has 2 rings (SSSR count). The van der Waals surface area contributed by atoms with Gasteiger partial charge in [0.15, 0.2) is 0 Å². The minimum atomic E-state index is -0.945. The number of rotatable bonds is 1. The zero-order valence-corrected chi connectivity index (χ0v) is 8.14. The quantitative estimate of drug-likeness (QED) is 0.735. The van der Waals surface area contributed by atoms with Gasteiger partial charge in [-0.05, 0) is 29.4 Å². The maximum atomic E-state index is 10.8. The molecule has 0 atom stereocenters. The normalized spacial score (nSPS) is 15.4. The number of carbonyl (C=O) groups excluding carboxylic acids is 1. The maximum Gasteiger partial charge on any atom is 0.561 e. The third-order valence-electron chi connectivity index (χ3n) is 1.65. The zero-order valence-electron chi connectivity index (χ0n) is 7.38. The smallest absolute Gasteiger partial charge is 0.364 e. The highest BCUT2D eigenvalue weighted by Crippen LogP contribution is 2.19. The van der Waals surface area contributed by atoms with Gasteiger partial charge >= 0.3 is 6.16 Å². The van der Waals surface area contributed by atoms with E-state index in [4.69, 9.17) is 22.2 Å². The summed E-state index contributed by atoms with van der Waals surface area (Å²) < 4.78 is 0. The highest BCUT2D eigenvalue weighted by Gasteiger charge is 2.23. The van der Waals surface area contributed by atoms with Crippen molar-refractivity contribution in [2.45, 2.75) is 0 Å². The Morgan fingerprint density at radius 3 is 2.67 bits per heavy atom. The first kappa shape index (κ1) is 9.60. The van der Waals surface area contributed by atoms with Crippen molar-refractivity contribution in [3.05, 3.63) is 29.3 Å². The van der Waals surface area contributed by atoms with Crippen molar-refractivity contribution in [3.63, 3.8) is 0 Å². The molecule has 0 fully saturated rings. The van der Waals surface area contributed by atoms with Crippen molar-refractivity contribution >= 4 is 29.4 Å². The van der Waals surface area contributed by atoms with Gasteiger partial charge in [0.1, 0.15) is 0 Å². The summed E-state index contributed by atoms with van der Waals surface area (Å²) in [4.78, 5) is 19.7. The van der Waals surface area contributed by atoms with Crippen LogP contribution < -0.4 is 10.8 Å². The number of halogens is 1. The summed E-state index contributed by atoms with van der Waals surface area (Å²) >= 11 is 5.70. The number of nitrogens with two attached hydrogens (primary N) is 1. The number of hydroxylamine groups is 1. The Hall–Kier alpha value is -1.95. The summed E-state index contributed by atoms with van der Waals surface area (Å²) in [5, 5.41) is 4.91. The van der Waals surface area contributed by atoms with E-state index < -0.39 is 6.16 Å². The van der Waals surface area contributed by atoms with Gasteiger partial charge in [-0.25, -0.2) is 0 Å². The zero-order chi connectivity index (χ0) is 10.8. The molecule has 0 bridgehead atoms. The Morgan fingerprint density at radius 1 is 1.33 bits per heavy atom. The van der Waals surface area contributed by atoms with Gasteiger partial charge in [-0.15, -0.1) is 5.06 Å². The molecule has 15 heavy (non-hydrogen) atoms. The topological polar surface area (TPSA) is 77.2 Å². The molecule has 0 amide bonds. The maximum absolute atomic E-state index is 10.8. The number of guanidine groups is 1. The van der Waals surface area contributed by atoms with Gasteiger partial charge in [-0.3, -0.25) is 9.68 Å². The van der Waals surface area contributed by atoms with Gasteiger partial charge < -0.3 is 5.73 Å². The molecule has 7 heteroatoms. The predicted molar refractivity (Wildman–Crippen MR) is 53.1 cm³/mol. The Morgan fingerprint density at radius 2 is 2.00 bits per heavy atom. The van der Waals surface area contributed by atoms with E-state index in [0.717, 1.165) is 5.06 Å². The van der Waals surface area contributed by atoms with Crippen LogP contribution in [0.4, 0.5) is 10.5 Å². The van der Waals surface area contributed by atoms with E-state index >= 15 is 0 Å². The van der Waals surface area contributed by atoms with Gasteiger partial charge in [-0.2, -0.15) is 4.79 Å². The molecule has 1 aromatic carbocycles. The molecular formula is C8H6ClN3O3. The second kappa shape index (κ2) is 3.66. The molecule has 0 aliphatic carbocycles. The van der Waals surface area contributed by atoms with E-state index in [1.807, 2.05) is 0 Å². The molecule has 78 valence electrons. The minimum Gasteiger partial charge on any atom is -0.364 e. The van der Waals surface area contributed by atoms with Crippen LogP contribution in [0.25, 0.3) is 0 Å². The first-order chi connectivity index (χ1) is 7.16. The van der Waals surface area contributed by atoms with Crippen LogP contribution in [-0.4, -0.2) is 12.1 Å². The van der Waals surface area contributed by atoms with Crippen LogP contribution >= 0.6 is 11.6 Å². The van der Waals surface area contributed by atoms with Crippen LogP contribution in [0.1, 0.15) is 0 Å². The average molecular weight is 228 g/mol. The molecule has 1 aliphatic rings. The van der Waals surface area contributed by atoms with Gasteiger partial charge in [0.05, 0.1) is 5.69 Å². The van der Waals surface area contributed by atoms with Crippen molar-refractivity contribution in [3.8, 4) is 0 Å². The average Bonchev–Trinajstić information content (AvgIpc) is 2.23. The molecule has 2 N–H and O–H groups in total. The number of benzene rings is 1. The van der Waals surface area contributed by atoms with E-state index in [1.165, 1.54) is 0 Å². The van der Waals surface area contributed by atoms with E-state index in [9.17, 15) is 4.79 Å². The Labute approximate surface area is 89.8 Å². The predicted octanol–water partition coefficient (Wildman–Crippen LogP) is 1.46. The van der Waals surface area contributed by atoms with Gasteiger partial charge in [-0.1, -0.05) is 11.6 Å². The molecule has 1 aliphatic heterocycles. The van der Waals surface area contributed by atoms with Crippen LogP contribution in [0, 0.1) is 0 Å². The number of anilines is 1. The lowest BCUT2D eigenvalue weighted by Crippen LogP contribution is -2.42. The molecule has 1 heterocycles. The molecule has 0 aromatic heterocycles. The molecule has 0 unspecified atom stereocenters. The lowest BCUT2D eigenvalue weighted by Gasteiger charge is -2.22. The molecule has 0 saturated heterocycles. The van der Waals surface area contributed by atoms with Crippen LogP contribution in [0.5, 0.6) is 0 Å². The Balaban J connectivity index is 2.30. The number of oxime groups is 1. The van der Waals surface area contributed by atoms with Gasteiger partial charge in [0.25, 0.3) is 5.96 Å². The molecule has 1 aromatic rings. The Kier molecular flexibility index (Phi) is 2.34. The number of nitrogens with zero attached hydrogens (tertiary/aromatic N) is 2. The van der Waals surface area contributed by atoms with Crippen molar-refractivity contribution < 1.29 is 14.5 Å². The number of hydrogen-bond acceptors (Lipinski definition) is 6. The first-order valence-corrected chi connectivity index (χ1v) is 4.33. The molecular weight excluding hydrogens is 222 g/mol. The summed E-state index contributed by atoms with van der Waals surface area (Å²) in [7, 11) is 0. The molecule has 0 radical (unpaired) electrons. The van der Waals surface area contributed by atoms with E-state index in [0.29, 0.717) is 10.7 Å². The van der Waals surface area contributed by atoms with Crippen molar-refractivity contribution in [2.75, 3.05) is 5.06 Å².